The van der Waals surface area contributed by atoms with Crippen LogP contribution in [0.5, 0.6) is 11.5 Å². The first-order chi connectivity index (χ1) is 23.9. The van der Waals surface area contributed by atoms with Crippen LogP contribution in [0, 0.1) is 0 Å². The lowest BCUT2D eigenvalue weighted by Crippen LogP contribution is -2.42. The first-order valence-electron chi connectivity index (χ1n) is 18.6. The van der Waals surface area contributed by atoms with E-state index in [4.69, 9.17) is 9.47 Å². The van der Waals surface area contributed by atoms with Crippen LogP contribution in [0.1, 0.15) is 142 Å². The second kappa shape index (κ2) is 18.1. The number of aryl methyl sites for hydroxylation is 2. The van der Waals surface area contributed by atoms with E-state index in [1.807, 2.05) is 65.8 Å². The summed E-state index contributed by atoms with van der Waals surface area (Å²) in [6.07, 6.45) is 2.79. The molecule has 10 nitrogen and oxygen atoms in total. The summed E-state index contributed by atoms with van der Waals surface area (Å²) in [4.78, 5) is 49.3. The third-order valence-corrected chi connectivity index (χ3v) is 9.92. The van der Waals surface area contributed by atoms with Gasteiger partial charge in [-0.3, -0.25) is 19.2 Å². The molecule has 0 aliphatic carbocycles. The highest BCUT2D eigenvalue weighted by atomic mass is 16.5. The molecular weight excluding hydrogens is 660 g/mol. The van der Waals surface area contributed by atoms with Crippen LogP contribution in [-0.2, 0) is 63.2 Å². The molecule has 0 fully saturated rings. The van der Waals surface area contributed by atoms with Crippen molar-refractivity contribution in [1.82, 2.24) is 10.6 Å². The average molecular weight is 725 g/mol. The van der Waals surface area contributed by atoms with Crippen LogP contribution >= 0.6 is 0 Å². The van der Waals surface area contributed by atoms with Gasteiger partial charge in [0, 0.05) is 24.0 Å². The molecule has 0 radical (unpaired) electrons. The van der Waals surface area contributed by atoms with Gasteiger partial charge in [-0.05, 0) is 69.6 Å². The first-order valence-corrected chi connectivity index (χ1v) is 18.6. The lowest BCUT2D eigenvalue weighted by Gasteiger charge is -2.30. The molecule has 0 saturated carbocycles. The molecule has 0 atom stereocenters. The van der Waals surface area contributed by atoms with Crippen LogP contribution < -0.4 is 10.6 Å². The predicted molar refractivity (Wildman–Crippen MR) is 205 cm³/mol. The number of rotatable bonds is 16. The highest BCUT2D eigenvalue weighted by Crippen LogP contribution is 2.42. The Bertz CT molecular complexity index is 1460. The summed E-state index contributed by atoms with van der Waals surface area (Å²) in [5, 5.41) is 26.9. The molecule has 0 aromatic heterocycles. The van der Waals surface area contributed by atoms with Gasteiger partial charge in [-0.15, -0.1) is 0 Å². The molecule has 0 bridgehead atoms. The molecule has 2 amide bonds. The lowest BCUT2D eigenvalue weighted by atomic mass is 9.76. The van der Waals surface area contributed by atoms with E-state index in [0.29, 0.717) is 24.3 Å². The van der Waals surface area contributed by atoms with Crippen molar-refractivity contribution in [3.05, 3.63) is 57.6 Å². The number of hydrogen-bond acceptors (Lipinski definition) is 8. The van der Waals surface area contributed by atoms with Crippen molar-refractivity contribution in [1.29, 1.82) is 0 Å². The zero-order chi connectivity index (χ0) is 39.7. The van der Waals surface area contributed by atoms with Gasteiger partial charge < -0.3 is 30.3 Å². The van der Waals surface area contributed by atoms with Crippen molar-refractivity contribution in [2.75, 3.05) is 26.3 Å². The first kappa shape index (κ1) is 44.1. The SMILES string of the molecule is CCC(C)(C)c1cc(CCC(=O)OCCNC(=O)C(=O)NCCOC(=O)CCc2cc(C(C)(C)C)c(O)c(C(C)(C)CC)c2)cc(C(C)(C)C)c1O. The number of phenolic OH excluding ortho intramolecular Hbond substituents is 2. The molecule has 2 aromatic rings. The van der Waals surface area contributed by atoms with Crippen molar-refractivity contribution >= 4 is 23.8 Å². The number of phenols is 2. The highest BCUT2D eigenvalue weighted by molar-refractivity contribution is 6.35. The molecule has 0 aliphatic rings. The van der Waals surface area contributed by atoms with Crippen molar-refractivity contribution in [3.63, 3.8) is 0 Å². The molecule has 2 rings (SSSR count). The summed E-state index contributed by atoms with van der Waals surface area (Å²) in [5.41, 5.74) is 4.21. The van der Waals surface area contributed by atoms with E-state index in [0.717, 1.165) is 46.2 Å². The number of aromatic hydroxyl groups is 2. The molecule has 4 N–H and O–H groups in total. The van der Waals surface area contributed by atoms with Crippen LogP contribution in [0.25, 0.3) is 0 Å². The van der Waals surface area contributed by atoms with Crippen molar-refractivity contribution in [2.45, 2.75) is 143 Å². The van der Waals surface area contributed by atoms with Gasteiger partial charge in [0.05, 0.1) is 13.1 Å². The Balaban J connectivity index is 1.77. The molecule has 0 heterocycles. The van der Waals surface area contributed by atoms with E-state index < -0.39 is 23.8 Å². The Morgan fingerprint density at radius 2 is 0.865 bits per heavy atom. The topological polar surface area (TPSA) is 151 Å². The lowest BCUT2D eigenvalue weighted by molar-refractivity contribution is -0.145. The third-order valence-electron chi connectivity index (χ3n) is 9.92. The van der Waals surface area contributed by atoms with Gasteiger partial charge in [0.1, 0.15) is 24.7 Å². The molecule has 52 heavy (non-hydrogen) atoms. The average Bonchev–Trinajstić information content (AvgIpc) is 3.05. The second-order valence-electron chi connectivity index (χ2n) is 17.0. The largest absolute Gasteiger partial charge is 0.507 e. The summed E-state index contributed by atoms with van der Waals surface area (Å²) in [7, 11) is 0. The maximum atomic E-state index is 12.5. The van der Waals surface area contributed by atoms with Gasteiger partial charge in [-0.1, -0.05) is 107 Å². The molecule has 2 aromatic carbocycles. The van der Waals surface area contributed by atoms with E-state index >= 15 is 0 Å². The van der Waals surface area contributed by atoms with Crippen molar-refractivity contribution in [2.24, 2.45) is 0 Å². The summed E-state index contributed by atoms with van der Waals surface area (Å²) in [6.45, 7) is 24.5. The van der Waals surface area contributed by atoms with Crippen molar-refractivity contribution < 1.29 is 38.9 Å². The minimum absolute atomic E-state index is 0.0411. The number of nitrogens with one attached hydrogen (secondary N) is 2. The minimum Gasteiger partial charge on any atom is -0.507 e. The summed E-state index contributed by atoms with van der Waals surface area (Å²) >= 11 is 0. The van der Waals surface area contributed by atoms with Crippen LogP contribution in [0.3, 0.4) is 0 Å². The number of amides is 2. The summed E-state index contributed by atoms with van der Waals surface area (Å²) in [5.74, 6) is -2.05. The fourth-order valence-corrected chi connectivity index (χ4v) is 5.69. The maximum Gasteiger partial charge on any atom is 0.309 e. The highest BCUT2D eigenvalue weighted by Gasteiger charge is 2.30. The number of carbonyl (C=O) groups is 4. The monoisotopic (exact) mass is 724 g/mol. The van der Waals surface area contributed by atoms with Gasteiger partial charge >= 0.3 is 23.8 Å². The number of ether oxygens (including phenoxy) is 2. The Morgan fingerprint density at radius 3 is 1.15 bits per heavy atom. The molecule has 0 spiro atoms. The van der Waals surface area contributed by atoms with E-state index in [-0.39, 0.29) is 60.8 Å². The Morgan fingerprint density at radius 1 is 0.558 bits per heavy atom. The van der Waals surface area contributed by atoms with Crippen molar-refractivity contribution in [3.8, 4) is 11.5 Å². The predicted octanol–water partition coefficient (Wildman–Crippen LogP) is 6.95. The van der Waals surface area contributed by atoms with Gasteiger partial charge in [0.25, 0.3) is 0 Å². The van der Waals surface area contributed by atoms with E-state index in [1.54, 1.807) is 0 Å². The van der Waals surface area contributed by atoms with Gasteiger partial charge in [0.15, 0.2) is 0 Å². The molecular formula is C42H64N2O8. The summed E-state index contributed by atoms with van der Waals surface area (Å²) in [6, 6.07) is 7.82. The second-order valence-corrected chi connectivity index (χ2v) is 17.0. The van der Waals surface area contributed by atoms with Crippen LogP contribution in [0.4, 0.5) is 0 Å². The third kappa shape index (κ3) is 12.6. The normalized spacial score (nSPS) is 12.3. The zero-order valence-corrected chi connectivity index (χ0v) is 33.7. The smallest absolute Gasteiger partial charge is 0.309 e. The molecule has 10 heteroatoms. The van der Waals surface area contributed by atoms with E-state index in [1.165, 1.54) is 0 Å². The van der Waals surface area contributed by atoms with Crippen LogP contribution in [-0.4, -0.2) is 60.3 Å². The Hall–Kier alpha value is -4.08. The van der Waals surface area contributed by atoms with Gasteiger partial charge in [0.2, 0.25) is 0 Å². The minimum atomic E-state index is -0.889. The van der Waals surface area contributed by atoms with Gasteiger partial charge in [-0.25, -0.2) is 0 Å². The van der Waals surface area contributed by atoms with Crippen LogP contribution in [0.2, 0.25) is 0 Å². The number of benzene rings is 2. The fourth-order valence-electron chi connectivity index (χ4n) is 5.69. The fraction of sp³-hybridized carbons (Fsp3) is 0.619. The zero-order valence-electron chi connectivity index (χ0n) is 33.7. The molecule has 0 aliphatic heterocycles. The van der Waals surface area contributed by atoms with E-state index in [2.05, 4.69) is 52.2 Å². The van der Waals surface area contributed by atoms with Crippen LogP contribution in [0.15, 0.2) is 24.3 Å². The Kier molecular flexibility index (Phi) is 15.3. The van der Waals surface area contributed by atoms with Gasteiger partial charge in [-0.2, -0.15) is 0 Å². The number of esters is 2. The van der Waals surface area contributed by atoms with E-state index in [9.17, 15) is 29.4 Å². The maximum absolute atomic E-state index is 12.5. The quantitative estimate of drug-likeness (QED) is 0.0825. The summed E-state index contributed by atoms with van der Waals surface area (Å²) < 4.78 is 10.5. The molecule has 0 unspecified atom stereocenters. The molecule has 0 saturated heterocycles. The number of carbonyl (C=O) groups excluding carboxylic acids is 4. The standard InChI is InChI=1S/C42H64N2O8/c1-13-41(9,10)31-25-27(23-29(35(31)47)39(3,4)5)15-17-33(45)51-21-19-43-37(49)38(50)44-20-22-52-34(46)18-16-28-24-30(40(6,7)8)36(48)32(26-28)42(11,12)14-2/h23-26,47-48H,13-22H2,1-12H3,(H,43,49)(H,44,50). The Labute approximate surface area is 311 Å². The number of hydrogen-bond donors (Lipinski definition) is 4. The molecule has 290 valence electrons.